The molecule has 1 aliphatic rings. The number of nitriles is 1. The molecule has 29 heavy (non-hydrogen) atoms. The smallest absolute Gasteiger partial charge is 0.241 e. The zero-order valence-corrected chi connectivity index (χ0v) is 17.2. The van der Waals surface area contributed by atoms with Crippen LogP contribution in [0.4, 0.5) is 5.69 Å². The summed E-state index contributed by atoms with van der Waals surface area (Å²) >= 11 is 0. The summed E-state index contributed by atoms with van der Waals surface area (Å²) in [6, 6.07) is 15.8. The summed E-state index contributed by atoms with van der Waals surface area (Å²) in [5.74, 6) is 1.44. The molecule has 0 saturated heterocycles. The fraction of sp³-hybridized carbons (Fsp3) is 0.391. The molecule has 0 spiro atoms. The first kappa shape index (κ1) is 20.7. The van der Waals surface area contributed by atoms with Crippen LogP contribution in [0.25, 0.3) is 0 Å². The number of fused-ring (bicyclic) bond motifs is 1. The van der Waals surface area contributed by atoms with Crippen molar-refractivity contribution >= 4 is 11.6 Å². The quantitative estimate of drug-likeness (QED) is 0.722. The van der Waals surface area contributed by atoms with Gasteiger partial charge in [0.05, 0.1) is 19.0 Å². The maximum absolute atomic E-state index is 13.0. The van der Waals surface area contributed by atoms with E-state index in [0.717, 1.165) is 28.3 Å². The van der Waals surface area contributed by atoms with Crippen LogP contribution < -0.4 is 14.4 Å². The van der Waals surface area contributed by atoms with Gasteiger partial charge in [0.1, 0.15) is 12.7 Å². The highest BCUT2D eigenvalue weighted by Crippen LogP contribution is 2.31. The van der Waals surface area contributed by atoms with Gasteiger partial charge in [0.25, 0.3) is 0 Å². The van der Waals surface area contributed by atoms with Crippen LogP contribution in [-0.2, 0) is 4.79 Å². The molecule has 6 nitrogen and oxygen atoms in total. The topological polar surface area (TPSA) is 65.8 Å². The first-order valence-electron chi connectivity index (χ1n) is 9.79. The Morgan fingerprint density at radius 1 is 1.17 bits per heavy atom. The van der Waals surface area contributed by atoms with Crippen LogP contribution in [0.2, 0.25) is 0 Å². The fourth-order valence-electron chi connectivity index (χ4n) is 3.55. The van der Waals surface area contributed by atoms with Crippen LogP contribution in [0.15, 0.2) is 42.5 Å². The van der Waals surface area contributed by atoms with Crippen molar-refractivity contribution in [3.8, 4) is 17.6 Å². The van der Waals surface area contributed by atoms with Crippen LogP contribution >= 0.6 is 0 Å². The average molecular weight is 393 g/mol. The van der Waals surface area contributed by atoms with E-state index in [1.807, 2.05) is 62.2 Å². The molecule has 3 rings (SSSR count). The maximum atomic E-state index is 13.0. The summed E-state index contributed by atoms with van der Waals surface area (Å²) in [6.45, 7) is 5.65. The number of aryl methyl sites for hydroxylation is 2. The van der Waals surface area contributed by atoms with E-state index in [1.165, 1.54) is 0 Å². The molecular formula is C23H27N3O3. The second-order valence-electron chi connectivity index (χ2n) is 7.49. The van der Waals surface area contributed by atoms with E-state index in [0.29, 0.717) is 26.1 Å². The number of amides is 1. The molecule has 1 aliphatic heterocycles. The van der Waals surface area contributed by atoms with Gasteiger partial charge < -0.3 is 14.4 Å². The third-order valence-electron chi connectivity index (χ3n) is 4.75. The van der Waals surface area contributed by atoms with Crippen molar-refractivity contribution in [2.24, 2.45) is 0 Å². The Morgan fingerprint density at radius 2 is 1.86 bits per heavy atom. The number of nitrogens with zero attached hydrogens (tertiary/aromatic N) is 3. The van der Waals surface area contributed by atoms with Crippen LogP contribution in [0.3, 0.4) is 0 Å². The summed E-state index contributed by atoms with van der Waals surface area (Å²) in [6.07, 6.45) is 0.148. The minimum atomic E-state index is -0.142. The number of benzene rings is 2. The summed E-state index contributed by atoms with van der Waals surface area (Å²) in [7, 11) is 1.89. The lowest BCUT2D eigenvalue weighted by atomic mass is 10.1. The number of rotatable bonds is 7. The maximum Gasteiger partial charge on any atom is 0.241 e. The normalized spacial score (nSPS) is 15.1. The molecule has 0 fully saturated rings. The van der Waals surface area contributed by atoms with Crippen molar-refractivity contribution in [3.05, 3.63) is 53.6 Å². The second-order valence-corrected chi connectivity index (χ2v) is 7.49. The molecule has 6 heteroatoms. The molecular weight excluding hydrogens is 366 g/mol. The minimum Gasteiger partial charge on any atom is -0.486 e. The number of anilines is 1. The zero-order valence-electron chi connectivity index (χ0n) is 17.2. The number of para-hydroxylation sites is 2. The second kappa shape index (κ2) is 9.44. The van der Waals surface area contributed by atoms with Crippen LogP contribution in [-0.4, -0.2) is 50.2 Å². The molecule has 0 aromatic heterocycles. The highest BCUT2D eigenvalue weighted by Gasteiger charge is 2.24. The van der Waals surface area contributed by atoms with Gasteiger partial charge in [-0.3, -0.25) is 9.69 Å². The fourth-order valence-corrected chi connectivity index (χ4v) is 3.55. The van der Waals surface area contributed by atoms with Crippen molar-refractivity contribution < 1.29 is 14.3 Å². The Labute approximate surface area is 172 Å². The molecule has 0 bridgehead atoms. The van der Waals surface area contributed by atoms with Crippen LogP contribution in [0, 0.1) is 25.2 Å². The first-order valence-corrected chi connectivity index (χ1v) is 9.79. The molecule has 0 N–H and O–H groups in total. The van der Waals surface area contributed by atoms with E-state index < -0.39 is 0 Å². The lowest BCUT2D eigenvalue weighted by Crippen LogP contribution is -2.45. The van der Waals surface area contributed by atoms with Crippen LogP contribution in [0.1, 0.15) is 17.5 Å². The summed E-state index contributed by atoms with van der Waals surface area (Å²) in [5, 5.41) is 9.00. The van der Waals surface area contributed by atoms with Gasteiger partial charge in [-0.15, -0.1) is 0 Å². The van der Waals surface area contributed by atoms with Crippen LogP contribution in [0.5, 0.6) is 11.5 Å². The number of ether oxygens (including phenoxy) is 2. The standard InChI is InChI=1S/C23H27N3O3/c1-17-11-18(2)13-19(12-17)26(10-6-9-24)23(27)15-25(3)14-20-16-28-21-7-4-5-8-22(21)29-20/h4-5,7-8,11-13,20H,6,10,14-16H2,1-3H3. The van der Waals surface area contributed by atoms with E-state index in [-0.39, 0.29) is 18.6 Å². The predicted octanol–water partition coefficient (Wildman–Crippen LogP) is 3.32. The first-order chi connectivity index (χ1) is 14.0. The third kappa shape index (κ3) is 5.49. The summed E-state index contributed by atoms with van der Waals surface area (Å²) in [4.78, 5) is 16.7. The monoisotopic (exact) mass is 393 g/mol. The zero-order chi connectivity index (χ0) is 20.8. The molecule has 1 amide bonds. The van der Waals surface area contributed by atoms with E-state index in [1.54, 1.807) is 4.90 Å². The number of likely N-dealkylation sites (N-methyl/N-ethyl adjacent to an activating group) is 1. The Kier molecular flexibility index (Phi) is 6.73. The molecule has 1 heterocycles. The van der Waals surface area contributed by atoms with Gasteiger partial charge in [0, 0.05) is 18.8 Å². The molecule has 0 radical (unpaired) electrons. The Bertz CT molecular complexity index is 886. The van der Waals surface area contributed by atoms with Crippen molar-refractivity contribution in [1.82, 2.24) is 4.90 Å². The van der Waals surface area contributed by atoms with Gasteiger partial charge >= 0.3 is 0 Å². The van der Waals surface area contributed by atoms with Crippen molar-refractivity contribution in [3.63, 3.8) is 0 Å². The predicted molar refractivity (Wildman–Crippen MR) is 112 cm³/mol. The van der Waals surface area contributed by atoms with E-state index in [2.05, 4.69) is 12.1 Å². The lowest BCUT2D eigenvalue weighted by molar-refractivity contribution is -0.119. The molecule has 1 unspecified atom stereocenters. The van der Waals surface area contributed by atoms with Gasteiger partial charge in [-0.1, -0.05) is 18.2 Å². The van der Waals surface area contributed by atoms with Gasteiger partial charge in [-0.25, -0.2) is 0 Å². The highest BCUT2D eigenvalue weighted by atomic mass is 16.6. The summed E-state index contributed by atoms with van der Waals surface area (Å²) in [5.41, 5.74) is 3.02. The molecule has 1 atom stereocenters. The van der Waals surface area contributed by atoms with E-state index >= 15 is 0 Å². The number of hydrogen-bond acceptors (Lipinski definition) is 5. The number of carbonyl (C=O) groups excluding carboxylic acids is 1. The van der Waals surface area contributed by atoms with E-state index in [9.17, 15) is 4.79 Å². The molecule has 152 valence electrons. The number of hydrogen-bond donors (Lipinski definition) is 0. The molecule has 2 aromatic carbocycles. The molecule has 0 saturated carbocycles. The van der Waals surface area contributed by atoms with E-state index in [4.69, 9.17) is 14.7 Å². The van der Waals surface area contributed by atoms with Gasteiger partial charge in [0.2, 0.25) is 5.91 Å². The average Bonchev–Trinajstić information content (AvgIpc) is 2.67. The highest BCUT2D eigenvalue weighted by molar-refractivity contribution is 5.95. The summed E-state index contributed by atoms with van der Waals surface area (Å²) < 4.78 is 11.7. The molecule has 0 aliphatic carbocycles. The Morgan fingerprint density at radius 3 is 2.55 bits per heavy atom. The lowest BCUT2D eigenvalue weighted by Gasteiger charge is -2.30. The largest absolute Gasteiger partial charge is 0.486 e. The van der Waals surface area contributed by atoms with Crippen molar-refractivity contribution in [2.45, 2.75) is 26.4 Å². The molecule has 2 aromatic rings. The Balaban J connectivity index is 1.63. The van der Waals surface area contributed by atoms with Crippen molar-refractivity contribution in [1.29, 1.82) is 5.26 Å². The third-order valence-corrected chi connectivity index (χ3v) is 4.75. The number of carbonyl (C=O) groups is 1. The van der Waals surface area contributed by atoms with Gasteiger partial charge in [0.15, 0.2) is 11.5 Å². The SMILES string of the molecule is Cc1cc(C)cc(N(CCC#N)C(=O)CN(C)CC2COc3ccccc3O2)c1. The van der Waals surface area contributed by atoms with Gasteiger partial charge in [-0.05, 0) is 56.3 Å². The van der Waals surface area contributed by atoms with Crippen molar-refractivity contribution in [2.75, 3.05) is 38.2 Å². The minimum absolute atomic E-state index is 0.0372. The Hall–Kier alpha value is -3.04. The van der Waals surface area contributed by atoms with Gasteiger partial charge in [-0.2, -0.15) is 5.26 Å².